The minimum Gasteiger partial charge on any atom is -0.381 e. The Balaban J connectivity index is 1.46. The van der Waals surface area contributed by atoms with E-state index < -0.39 is 0 Å². The Labute approximate surface area is 200 Å². The van der Waals surface area contributed by atoms with Crippen molar-refractivity contribution in [1.29, 1.82) is 0 Å². The summed E-state index contributed by atoms with van der Waals surface area (Å²) in [6.45, 7) is 4.34. The Morgan fingerprint density at radius 3 is 2.85 bits per heavy atom. The molecule has 1 fully saturated rings. The van der Waals surface area contributed by atoms with Crippen LogP contribution in [-0.4, -0.2) is 50.1 Å². The highest BCUT2D eigenvalue weighted by molar-refractivity contribution is 6.31. The first-order valence-electron chi connectivity index (χ1n) is 11.6. The quantitative estimate of drug-likeness (QED) is 0.476. The Morgan fingerprint density at radius 1 is 1.21 bits per heavy atom. The van der Waals surface area contributed by atoms with E-state index in [9.17, 15) is 9.59 Å². The first-order chi connectivity index (χ1) is 16.5. The van der Waals surface area contributed by atoms with Gasteiger partial charge in [-0.3, -0.25) is 14.0 Å². The van der Waals surface area contributed by atoms with Gasteiger partial charge in [0.2, 0.25) is 5.65 Å². The largest absolute Gasteiger partial charge is 0.381 e. The van der Waals surface area contributed by atoms with E-state index in [1.807, 2.05) is 46.6 Å². The summed E-state index contributed by atoms with van der Waals surface area (Å²) in [4.78, 5) is 31.1. The van der Waals surface area contributed by atoms with Gasteiger partial charge in [0.25, 0.3) is 11.5 Å². The van der Waals surface area contributed by atoms with E-state index in [2.05, 4.69) is 15.2 Å². The van der Waals surface area contributed by atoms with Crippen LogP contribution < -0.4 is 5.56 Å². The number of aromatic amines is 1. The molecular formula is C25H24ClN5O3. The zero-order valence-electron chi connectivity index (χ0n) is 18.8. The molecule has 34 heavy (non-hydrogen) atoms. The van der Waals surface area contributed by atoms with Crippen LogP contribution >= 0.6 is 11.6 Å². The minimum atomic E-state index is -0.290. The van der Waals surface area contributed by atoms with Crippen LogP contribution in [0.5, 0.6) is 0 Å². The smallest absolute Gasteiger partial charge is 0.294 e. The van der Waals surface area contributed by atoms with Crippen LogP contribution in [0.4, 0.5) is 0 Å². The Bertz CT molecular complexity index is 1500. The molecule has 8 nitrogen and oxygen atoms in total. The molecule has 0 saturated carbocycles. The standard InChI is InChI=1S/C25H24ClN5O3/c1-14-11-20-21(31-22(15-6-9-34-10-7-15)28-29-23(31)24(32)27-20)12-18(14)25(33)30-8-5-17-16(13-30)3-2-4-19(17)26/h2-4,11-12,15H,5-10,13H2,1H3,(H,27,32). The van der Waals surface area contributed by atoms with Crippen LogP contribution in [0.15, 0.2) is 35.1 Å². The molecule has 1 saturated heterocycles. The van der Waals surface area contributed by atoms with Gasteiger partial charge in [-0.2, -0.15) is 0 Å². The maximum Gasteiger partial charge on any atom is 0.294 e. The second kappa shape index (κ2) is 8.21. The number of aryl methyl sites for hydroxylation is 1. The van der Waals surface area contributed by atoms with Crippen molar-refractivity contribution in [2.75, 3.05) is 19.8 Å². The predicted octanol–water partition coefficient (Wildman–Crippen LogP) is 3.63. The number of carbonyl (C=O) groups is 1. The highest BCUT2D eigenvalue weighted by Gasteiger charge is 2.27. The van der Waals surface area contributed by atoms with Crippen molar-refractivity contribution in [3.63, 3.8) is 0 Å². The molecular weight excluding hydrogens is 454 g/mol. The lowest BCUT2D eigenvalue weighted by molar-refractivity contribution is 0.0734. The summed E-state index contributed by atoms with van der Waals surface area (Å²) in [6, 6.07) is 9.58. The number of nitrogens with zero attached hydrogens (tertiary/aromatic N) is 4. The van der Waals surface area contributed by atoms with Gasteiger partial charge in [0.1, 0.15) is 5.82 Å². The number of aromatic nitrogens is 4. The third kappa shape index (κ3) is 3.40. The van der Waals surface area contributed by atoms with E-state index in [0.717, 1.165) is 52.3 Å². The maximum atomic E-state index is 13.7. The SMILES string of the molecule is Cc1cc2[nH]c(=O)c3nnc(C4CCOCC4)n3c2cc1C(=O)N1CCc2c(Cl)cccc2C1. The average molecular weight is 478 g/mol. The number of rotatable bonds is 2. The minimum absolute atomic E-state index is 0.0370. The summed E-state index contributed by atoms with van der Waals surface area (Å²) >= 11 is 6.36. The van der Waals surface area contributed by atoms with Gasteiger partial charge >= 0.3 is 0 Å². The molecule has 2 aromatic carbocycles. The van der Waals surface area contributed by atoms with Crippen LogP contribution in [0.1, 0.15) is 51.6 Å². The molecule has 0 atom stereocenters. The van der Waals surface area contributed by atoms with Gasteiger partial charge in [0.15, 0.2) is 0 Å². The van der Waals surface area contributed by atoms with Crippen molar-refractivity contribution in [1.82, 2.24) is 24.5 Å². The summed E-state index contributed by atoms with van der Waals surface area (Å²) in [6.07, 6.45) is 2.37. The van der Waals surface area contributed by atoms with E-state index >= 15 is 0 Å². The Kier molecular flexibility index (Phi) is 5.15. The first-order valence-corrected chi connectivity index (χ1v) is 11.9. The maximum absolute atomic E-state index is 13.7. The number of benzene rings is 2. The van der Waals surface area contributed by atoms with E-state index in [4.69, 9.17) is 16.3 Å². The fraction of sp³-hybridized carbons (Fsp3) is 0.360. The molecule has 174 valence electrons. The van der Waals surface area contributed by atoms with Gasteiger partial charge in [-0.15, -0.1) is 10.2 Å². The van der Waals surface area contributed by atoms with Gasteiger partial charge in [-0.05, 0) is 61.1 Å². The lowest BCUT2D eigenvalue weighted by Gasteiger charge is -2.30. The van der Waals surface area contributed by atoms with Gasteiger partial charge in [-0.1, -0.05) is 23.7 Å². The topological polar surface area (TPSA) is 92.6 Å². The molecule has 0 aliphatic carbocycles. The molecule has 4 heterocycles. The average Bonchev–Trinajstić information content (AvgIpc) is 3.30. The van der Waals surface area contributed by atoms with Crippen molar-refractivity contribution in [3.05, 3.63) is 73.8 Å². The first kappa shape index (κ1) is 21.3. The van der Waals surface area contributed by atoms with Crippen LogP contribution in [0.25, 0.3) is 16.7 Å². The highest BCUT2D eigenvalue weighted by Crippen LogP contribution is 2.30. The summed E-state index contributed by atoms with van der Waals surface area (Å²) in [5, 5.41) is 9.32. The van der Waals surface area contributed by atoms with Gasteiger partial charge < -0.3 is 14.6 Å². The van der Waals surface area contributed by atoms with Crippen molar-refractivity contribution >= 4 is 34.2 Å². The number of nitrogens with one attached hydrogen (secondary N) is 1. The zero-order chi connectivity index (χ0) is 23.4. The second-order valence-corrected chi connectivity index (χ2v) is 9.50. The number of fused-ring (bicyclic) bond motifs is 4. The fourth-order valence-electron chi connectivity index (χ4n) is 5.20. The Morgan fingerprint density at radius 2 is 2.03 bits per heavy atom. The molecule has 2 aliphatic rings. The third-order valence-electron chi connectivity index (χ3n) is 7.04. The van der Waals surface area contributed by atoms with Crippen LogP contribution in [0.3, 0.4) is 0 Å². The summed E-state index contributed by atoms with van der Waals surface area (Å²) in [5.41, 5.74) is 4.97. The molecule has 0 unspecified atom stereocenters. The predicted molar refractivity (Wildman–Crippen MR) is 129 cm³/mol. The number of amides is 1. The van der Waals surface area contributed by atoms with E-state index in [0.29, 0.717) is 37.4 Å². The number of halogens is 1. The van der Waals surface area contributed by atoms with Crippen molar-refractivity contribution in [2.45, 2.75) is 38.6 Å². The molecule has 1 amide bonds. The molecule has 0 spiro atoms. The van der Waals surface area contributed by atoms with E-state index in [1.54, 1.807) is 0 Å². The monoisotopic (exact) mass is 477 g/mol. The molecule has 1 N–H and O–H groups in total. The molecule has 2 aliphatic heterocycles. The van der Waals surface area contributed by atoms with Crippen LogP contribution in [-0.2, 0) is 17.7 Å². The third-order valence-corrected chi connectivity index (χ3v) is 7.39. The van der Waals surface area contributed by atoms with Gasteiger partial charge in [0, 0.05) is 42.8 Å². The zero-order valence-corrected chi connectivity index (χ0v) is 19.6. The van der Waals surface area contributed by atoms with Gasteiger partial charge in [0.05, 0.1) is 11.0 Å². The highest BCUT2D eigenvalue weighted by atomic mass is 35.5. The normalized spacial score (nSPS) is 16.8. The summed E-state index contributed by atoms with van der Waals surface area (Å²) in [5.74, 6) is 0.862. The van der Waals surface area contributed by atoms with Crippen molar-refractivity contribution < 1.29 is 9.53 Å². The van der Waals surface area contributed by atoms with Crippen LogP contribution in [0.2, 0.25) is 5.02 Å². The van der Waals surface area contributed by atoms with E-state index in [1.165, 1.54) is 0 Å². The molecule has 4 aromatic rings. The lowest BCUT2D eigenvalue weighted by atomic mass is 9.98. The molecule has 2 aromatic heterocycles. The fourth-order valence-corrected chi connectivity index (χ4v) is 5.49. The molecule has 6 rings (SSSR count). The number of ether oxygens (including phenoxy) is 1. The molecule has 9 heteroatoms. The Hall–Kier alpha value is -3.23. The van der Waals surface area contributed by atoms with Gasteiger partial charge in [-0.25, -0.2) is 0 Å². The second-order valence-electron chi connectivity index (χ2n) is 9.10. The number of hydrogen-bond acceptors (Lipinski definition) is 5. The van der Waals surface area contributed by atoms with E-state index in [-0.39, 0.29) is 23.0 Å². The summed E-state index contributed by atoms with van der Waals surface area (Å²) < 4.78 is 7.33. The molecule has 0 bridgehead atoms. The molecule has 0 radical (unpaired) electrons. The van der Waals surface area contributed by atoms with Crippen molar-refractivity contribution in [2.24, 2.45) is 0 Å². The summed E-state index contributed by atoms with van der Waals surface area (Å²) in [7, 11) is 0. The lowest BCUT2D eigenvalue weighted by Crippen LogP contribution is -2.36. The number of hydrogen-bond donors (Lipinski definition) is 1. The number of carbonyl (C=O) groups excluding carboxylic acids is 1. The van der Waals surface area contributed by atoms with Crippen LogP contribution in [0, 0.1) is 6.92 Å². The number of H-pyrrole nitrogens is 1. The van der Waals surface area contributed by atoms with Crippen molar-refractivity contribution in [3.8, 4) is 0 Å².